The van der Waals surface area contributed by atoms with Gasteiger partial charge < -0.3 is 20.1 Å². The van der Waals surface area contributed by atoms with Gasteiger partial charge in [-0.15, -0.1) is 0 Å². The van der Waals surface area contributed by atoms with Crippen molar-refractivity contribution in [3.8, 4) is 0 Å². The summed E-state index contributed by atoms with van der Waals surface area (Å²) in [4.78, 5) is 12.7. The van der Waals surface area contributed by atoms with Gasteiger partial charge in [-0.1, -0.05) is 20.3 Å². The number of aliphatic hydroxyl groups is 3. The van der Waals surface area contributed by atoms with Crippen LogP contribution in [-0.2, 0) is 9.53 Å². The maximum absolute atomic E-state index is 12.7. The van der Waals surface area contributed by atoms with E-state index >= 15 is 0 Å². The van der Waals surface area contributed by atoms with Gasteiger partial charge in [0.05, 0.1) is 18.8 Å². The first-order chi connectivity index (χ1) is 11.7. The molecule has 2 fully saturated rings. The van der Waals surface area contributed by atoms with Gasteiger partial charge in [-0.05, 0) is 31.3 Å². The van der Waals surface area contributed by atoms with Crippen molar-refractivity contribution in [1.29, 1.82) is 0 Å². The summed E-state index contributed by atoms with van der Waals surface area (Å²) in [6.07, 6.45) is 3.93. The minimum absolute atomic E-state index is 0.0166. The summed E-state index contributed by atoms with van der Waals surface area (Å²) in [6, 6.07) is 0. The maximum atomic E-state index is 12.7. The lowest BCUT2D eigenvalue weighted by atomic mass is 9.49. The van der Waals surface area contributed by atoms with Crippen LogP contribution in [0.3, 0.4) is 0 Å². The summed E-state index contributed by atoms with van der Waals surface area (Å²) in [7, 11) is 0. The van der Waals surface area contributed by atoms with Crippen LogP contribution >= 0.6 is 0 Å². The molecule has 5 nitrogen and oxygen atoms in total. The van der Waals surface area contributed by atoms with Gasteiger partial charge in [-0.2, -0.15) is 0 Å². The Morgan fingerprint density at radius 1 is 1.28 bits per heavy atom. The van der Waals surface area contributed by atoms with Gasteiger partial charge in [0.1, 0.15) is 5.76 Å². The second-order valence-electron chi connectivity index (χ2n) is 8.69. The number of ketones is 1. The zero-order valence-corrected chi connectivity index (χ0v) is 15.0. The molecule has 1 saturated heterocycles. The molecule has 136 valence electrons. The normalized spacial score (nSPS) is 41.4. The molecule has 1 saturated carbocycles. The van der Waals surface area contributed by atoms with Crippen LogP contribution in [0, 0.1) is 16.7 Å². The van der Waals surface area contributed by atoms with Crippen molar-refractivity contribution in [3.63, 3.8) is 0 Å². The molecule has 4 rings (SSSR count). The van der Waals surface area contributed by atoms with Crippen molar-refractivity contribution in [3.05, 3.63) is 34.3 Å². The predicted molar refractivity (Wildman–Crippen MR) is 92.0 cm³/mol. The highest BCUT2D eigenvalue weighted by molar-refractivity contribution is 6.10. The fraction of sp³-hybridized carbons (Fsp3) is 0.650. The molecule has 3 N–H and O–H groups in total. The van der Waals surface area contributed by atoms with Crippen LogP contribution in [0.5, 0.6) is 0 Å². The molecule has 0 radical (unpaired) electrons. The summed E-state index contributed by atoms with van der Waals surface area (Å²) in [5, 5.41) is 31.2. The average Bonchev–Trinajstić information content (AvgIpc) is 2.87. The van der Waals surface area contributed by atoms with Gasteiger partial charge >= 0.3 is 0 Å². The Kier molecular flexibility index (Phi) is 3.51. The van der Waals surface area contributed by atoms with E-state index in [2.05, 4.69) is 13.8 Å². The molecule has 5 atom stereocenters. The first-order valence-electron chi connectivity index (χ1n) is 9.12. The van der Waals surface area contributed by atoms with E-state index in [1.165, 1.54) is 0 Å². The SMILES string of the molecule is CC(O)CC1=C(O)C2=CC3OCC4(C)CCCC(C)(C2=C(O)C1=O)C34. The van der Waals surface area contributed by atoms with Crippen LogP contribution < -0.4 is 0 Å². The van der Waals surface area contributed by atoms with Crippen LogP contribution in [0.4, 0.5) is 0 Å². The van der Waals surface area contributed by atoms with Crippen molar-refractivity contribution in [2.24, 2.45) is 16.7 Å². The van der Waals surface area contributed by atoms with Crippen LogP contribution in [0.15, 0.2) is 34.3 Å². The van der Waals surface area contributed by atoms with E-state index in [0.717, 1.165) is 19.3 Å². The van der Waals surface area contributed by atoms with E-state index in [1.807, 2.05) is 6.08 Å². The summed E-state index contributed by atoms with van der Waals surface area (Å²) >= 11 is 0. The highest BCUT2D eigenvalue weighted by atomic mass is 16.5. The minimum atomic E-state index is -0.774. The molecule has 0 aromatic carbocycles. The third-order valence-corrected chi connectivity index (χ3v) is 6.75. The second-order valence-corrected chi connectivity index (χ2v) is 8.69. The largest absolute Gasteiger partial charge is 0.507 e. The number of hydrogen-bond donors (Lipinski definition) is 3. The fourth-order valence-electron chi connectivity index (χ4n) is 5.83. The third kappa shape index (κ3) is 2.12. The topological polar surface area (TPSA) is 87.0 Å². The molecule has 0 aromatic rings. The molecule has 0 spiro atoms. The van der Waals surface area contributed by atoms with Gasteiger partial charge in [0.2, 0.25) is 5.78 Å². The zero-order valence-electron chi connectivity index (χ0n) is 15.0. The monoisotopic (exact) mass is 346 g/mol. The Morgan fingerprint density at radius 2 is 2.00 bits per heavy atom. The standard InChI is InChI=1S/C20H26O5/c1-10(21)7-12-15(22)11-8-13-18-19(2,9-25-13)5-4-6-20(18,3)14(11)17(24)16(12)23/h8,10,13,18,21-22,24H,4-7,9H2,1-3H3. The number of ether oxygens (including phenoxy) is 1. The fourth-order valence-corrected chi connectivity index (χ4v) is 5.83. The Morgan fingerprint density at radius 3 is 2.68 bits per heavy atom. The Balaban J connectivity index is 1.92. The number of fused-ring (bicyclic) bond motifs is 2. The van der Waals surface area contributed by atoms with Crippen LogP contribution in [0.2, 0.25) is 0 Å². The first kappa shape index (κ1) is 16.9. The lowest BCUT2D eigenvalue weighted by molar-refractivity contribution is -0.115. The number of aliphatic hydroxyl groups excluding tert-OH is 3. The number of allylic oxidation sites excluding steroid dienone is 2. The Hall–Kier alpha value is -1.59. The average molecular weight is 346 g/mol. The highest BCUT2D eigenvalue weighted by Crippen LogP contribution is 2.64. The van der Waals surface area contributed by atoms with E-state index in [-0.39, 0.29) is 40.9 Å². The van der Waals surface area contributed by atoms with E-state index in [9.17, 15) is 20.1 Å². The molecular weight excluding hydrogens is 320 g/mol. The molecule has 5 heteroatoms. The number of carbonyl (C=O) groups excluding carboxylic acids is 1. The van der Waals surface area contributed by atoms with E-state index in [1.54, 1.807) is 6.92 Å². The molecular formula is C20H26O5. The van der Waals surface area contributed by atoms with Gasteiger partial charge in [0.15, 0.2) is 5.76 Å². The van der Waals surface area contributed by atoms with E-state index < -0.39 is 17.3 Å². The van der Waals surface area contributed by atoms with Crippen LogP contribution in [0.1, 0.15) is 46.5 Å². The van der Waals surface area contributed by atoms with Crippen LogP contribution in [0.25, 0.3) is 0 Å². The van der Waals surface area contributed by atoms with Crippen molar-refractivity contribution in [2.75, 3.05) is 6.61 Å². The summed E-state index contributed by atoms with van der Waals surface area (Å²) in [5.41, 5.74) is 0.795. The Bertz CT molecular complexity index is 743. The quantitative estimate of drug-likeness (QED) is 0.715. The van der Waals surface area contributed by atoms with Gasteiger partial charge in [0.25, 0.3) is 0 Å². The van der Waals surface area contributed by atoms with E-state index in [0.29, 0.717) is 17.8 Å². The molecule has 5 unspecified atom stereocenters. The lowest BCUT2D eigenvalue weighted by Crippen LogP contribution is -2.50. The number of rotatable bonds is 2. The van der Waals surface area contributed by atoms with Crippen LogP contribution in [-0.4, -0.2) is 39.9 Å². The molecule has 4 aliphatic rings. The van der Waals surface area contributed by atoms with Crippen molar-refractivity contribution < 1.29 is 24.9 Å². The molecule has 0 bridgehead atoms. The smallest absolute Gasteiger partial charge is 0.227 e. The highest BCUT2D eigenvalue weighted by Gasteiger charge is 2.61. The molecule has 3 aliphatic carbocycles. The van der Waals surface area contributed by atoms with E-state index in [4.69, 9.17) is 4.74 Å². The summed E-state index contributed by atoms with van der Waals surface area (Å²) < 4.78 is 6.07. The van der Waals surface area contributed by atoms with Crippen molar-refractivity contribution in [1.82, 2.24) is 0 Å². The molecule has 0 amide bonds. The number of carbonyl (C=O) groups is 1. The molecule has 0 aromatic heterocycles. The predicted octanol–water partition coefficient (Wildman–Crippen LogP) is 3.12. The molecule has 1 heterocycles. The number of hydrogen-bond acceptors (Lipinski definition) is 5. The Labute approximate surface area is 147 Å². The summed E-state index contributed by atoms with van der Waals surface area (Å²) in [5.74, 6) is -0.747. The zero-order chi connectivity index (χ0) is 18.1. The molecule has 1 aliphatic heterocycles. The van der Waals surface area contributed by atoms with Gasteiger partial charge in [-0.25, -0.2) is 0 Å². The second kappa shape index (κ2) is 5.21. The maximum Gasteiger partial charge on any atom is 0.227 e. The van der Waals surface area contributed by atoms with Gasteiger partial charge in [-0.3, -0.25) is 4.79 Å². The number of Topliss-reactive ketones (excluding diaryl/α,β-unsaturated/α-hetero) is 1. The lowest BCUT2D eigenvalue weighted by Gasteiger charge is -2.53. The summed E-state index contributed by atoms with van der Waals surface area (Å²) in [6.45, 7) is 6.54. The third-order valence-electron chi connectivity index (χ3n) is 6.75. The minimum Gasteiger partial charge on any atom is -0.507 e. The molecule has 25 heavy (non-hydrogen) atoms. The first-order valence-corrected chi connectivity index (χ1v) is 9.12. The van der Waals surface area contributed by atoms with Gasteiger partial charge in [0, 0.05) is 34.5 Å². The van der Waals surface area contributed by atoms with Crippen molar-refractivity contribution in [2.45, 2.75) is 58.7 Å². The van der Waals surface area contributed by atoms with Crippen molar-refractivity contribution >= 4 is 5.78 Å².